The molecule has 1 heterocycles. The number of carbonyl (C=O) groups is 3. The topological polar surface area (TPSA) is 69.7 Å². The Morgan fingerprint density at radius 2 is 1.29 bits per heavy atom. The third-order valence-electron chi connectivity index (χ3n) is 6.97. The molecule has 0 radical (unpaired) electrons. The predicted molar refractivity (Wildman–Crippen MR) is 162 cm³/mol. The van der Waals surface area contributed by atoms with Crippen molar-refractivity contribution in [2.45, 2.75) is 32.9 Å². The van der Waals surface area contributed by atoms with Crippen LogP contribution in [-0.4, -0.2) is 22.6 Å². The number of benzene rings is 4. The fourth-order valence-electron chi connectivity index (χ4n) is 4.68. The summed E-state index contributed by atoms with van der Waals surface area (Å²) >= 11 is 6.32. The van der Waals surface area contributed by atoms with Gasteiger partial charge < -0.3 is 10.2 Å². The number of anilines is 2. The molecular weight excluding hydrogens is 534 g/mol. The zero-order valence-electron chi connectivity index (χ0n) is 22.9. The van der Waals surface area contributed by atoms with Crippen LogP contribution in [0.15, 0.2) is 120 Å². The van der Waals surface area contributed by atoms with Gasteiger partial charge in [-0.05, 0) is 59.0 Å². The largest absolute Gasteiger partial charge is 0.350 e. The molecule has 3 amide bonds. The van der Waals surface area contributed by atoms with Crippen LogP contribution in [0.3, 0.4) is 0 Å². The molecule has 0 aliphatic carbocycles. The number of imide groups is 1. The minimum Gasteiger partial charge on any atom is -0.350 e. The van der Waals surface area contributed by atoms with E-state index in [9.17, 15) is 14.4 Å². The summed E-state index contributed by atoms with van der Waals surface area (Å²) in [5.41, 5.74) is 4.66. The van der Waals surface area contributed by atoms with Gasteiger partial charge in [-0.3, -0.25) is 14.4 Å². The van der Waals surface area contributed by atoms with E-state index in [0.29, 0.717) is 35.9 Å². The average molecular weight is 564 g/mol. The molecule has 4 aromatic carbocycles. The number of halogens is 1. The highest BCUT2D eigenvalue weighted by Gasteiger charge is 2.39. The maximum absolute atomic E-state index is 13.6. The molecule has 1 N–H and O–H groups in total. The van der Waals surface area contributed by atoms with E-state index in [-0.39, 0.29) is 16.6 Å². The molecule has 206 valence electrons. The van der Waals surface area contributed by atoms with Gasteiger partial charge >= 0.3 is 0 Å². The molecular formula is C34H30ClN3O3. The summed E-state index contributed by atoms with van der Waals surface area (Å²) in [6.07, 6.45) is 0. The van der Waals surface area contributed by atoms with Gasteiger partial charge in [0.15, 0.2) is 0 Å². The van der Waals surface area contributed by atoms with Crippen LogP contribution in [0.1, 0.15) is 46.8 Å². The third kappa shape index (κ3) is 6.23. The van der Waals surface area contributed by atoms with E-state index in [0.717, 1.165) is 21.6 Å². The van der Waals surface area contributed by atoms with Crippen LogP contribution < -0.4 is 10.2 Å². The summed E-state index contributed by atoms with van der Waals surface area (Å²) in [5.74, 6) is -0.911. The second kappa shape index (κ2) is 12.2. The Bertz CT molecular complexity index is 1540. The monoisotopic (exact) mass is 563 g/mol. The molecule has 0 unspecified atom stereocenters. The Labute approximate surface area is 244 Å². The van der Waals surface area contributed by atoms with Crippen LogP contribution >= 0.6 is 11.6 Å². The molecule has 0 bridgehead atoms. The van der Waals surface area contributed by atoms with Gasteiger partial charge in [0.05, 0.1) is 5.69 Å². The lowest BCUT2D eigenvalue weighted by atomic mass is 10.0. The van der Waals surface area contributed by atoms with Crippen LogP contribution in [0.4, 0.5) is 11.4 Å². The van der Waals surface area contributed by atoms with Crippen LogP contribution in [0.5, 0.6) is 0 Å². The first-order chi connectivity index (χ1) is 19.8. The number of rotatable bonds is 9. The van der Waals surface area contributed by atoms with E-state index >= 15 is 0 Å². The first-order valence-electron chi connectivity index (χ1n) is 13.4. The van der Waals surface area contributed by atoms with Gasteiger partial charge in [0, 0.05) is 24.3 Å². The van der Waals surface area contributed by atoms with Crippen molar-refractivity contribution in [3.63, 3.8) is 0 Å². The van der Waals surface area contributed by atoms with Crippen molar-refractivity contribution in [3.05, 3.63) is 142 Å². The van der Waals surface area contributed by atoms with Gasteiger partial charge in [0.1, 0.15) is 10.7 Å². The predicted octanol–water partition coefficient (Wildman–Crippen LogP) is 7.09. The Morgan fingerprint density at radius 3 is 1.80 bits per heavy atom. The van der Waals surface area contributed by atoms with Crippen LogP contribution in [0.25, 0.3) is 0 Å². The molecule has 0 saturated carbocycles. The van der Waals surface area contributed by atoms with Crippen molar-refractivity contribution >= 4 is 40.7 Å². The van der Waals surface area contributed by atoms with Crippen LogP contribution in [0.2, 0.25) is 0 Å². The fourth-order valence-corrected chi connectivity index (χ4v) is 4.90. The van der Waals surface area contributed by atoms with Gasteiger partial charge in [-0.25, -0.2) is 4.90 Å². The highest BCUT2D eigenvalue weighted by Crippen LogP contribution is 2.31. The van der Waals surface area contributed by atoms with E-state index in [1.165, 1.54) is 0 Å². The highest BCUT2D eigenvalue weighted by molar-refractivity contribution is 6.53. The summed E-state index contributed by atoms with van der Waals surface area (Å²) in [6.45, 7) is 5.07. The minimum atomic E-state index is -0.583. The van der Waals surface area contributed by atoms with Crippen molar-refractivity contribution < 1.29 is 14.4 Å². The minimum absolute atomic E-state index is 0.00142. The van der Waals surface area contributed by atoms with Gasteiger partial charge in [0.25, 0.3) is 17.7 Å². The molecule has 1 aliphatic rings. The lowest BCUT2D eigenvalue weighted by Crippen LogP contribution is -2.32. The van der Waals surface area contributed by atoms with E-state index < -0.39 is 11.8 Å². The summed E-state index contributed by atoms with van der Waals surface area (Å²) in [7, 11) is 0. The van der Waals surface area contributed by atoms with E-state index in [1.807, 2.05) is 72.8 Å². The summed E-state index contributed by atoms with van der Waals surface area (Å²) in [4.78, 5) is 42.5. The molecule has 41 heavy (non-hydrogen) atoms. The molecule has 1 aliphatic heterocycles. The molecule has 6 nitrogen and oxygen atoms in total. The second-order valence-corrected chi connectivity index (χ2v) is 10.6. The molecule has 4 aromatic rings. The average Bonchev–Trinajstić information content (AvgIpc) is 3.20. The first kappa shape index (κ1) is 27.9. The fraction of sp³-hybridized carbons (Fsp3) is 0.147. The standard InChI is InChI=1S/C34H30ClN3O3/c1-23(2)26-15-19-29(20-16-26)38-33(40)30(35)31(34(38)41)36-28-17-13-27(14-18-28)32(39)37(21-24-9-5-3-6-10-24)22-25-11-7-4-8-12-25/h3-20,23,36H,21-22H2,1-2H3. The molecule has 0 spiro atoms. The van der Waals surface area contributed by atoms with Crippen molar-refractivity contribution in [2.24, 2.45) is 0 Å². The Hall–Kier alpha value is -4.68. The molecule has 0 saturated heterocycles. The summed E-state index contributed by atoms with van der Waals surface area (Å²) in [5, 5.41) is 2.81. The summed E-state index contributed by atoms with van der Waals surface area (Å²) in [6, 6.07) is 33.8. The van der Waals surface area contributed by atoms with E-state index in [1.54, 1.807) is 41.3 Å². The van der Waals surface area contributed by atoms with Gasteiger partial charge in [0.2, 0.25) is 0 Å². The van der Waals surface area contributed by atoms with Crippen molar-refractivity contribution in [2.75, 3.05) is 10.2 Å². The SMILES string of the molecule is CC(C)c1ccc(N2C(=O)C(Cl)=C(Nc3ccc(C(=O)N(Cc4ccccc4)Cc4ccccc4)cc3)C2=O)cc1. The number of hydrogen-bond acceptors (Lipinski definition) is 4. The molecule has 5 rings (SSSR count). The number of carbonyl (C=O) groups excluding carboxylic acids is 3. The highest BCUT2D eigenvalue weighted by atomic mass is 35.5. The van der Waals surface area contributed by atoms with Crippen LogP contribution in [0, 0.1) is 0 Å². The Balaban J connectivity index is 1.32. The van der Waals surface area contributed by atoms with Gasteiger partial charge in [-0.1, -0.05) is 98.2 Å². The second-order valence-electron chi connectivity index (χ2n) is 10.2. The zero-order valence-corrected chi connectivity index (χ0v) is 23.6. The molecule has 0 atom stereocenters. The first-order valence-corrected chi connectivity index (χ1v) is 13.8. The maximum atomic E-state index is 13.6. The molecule has 0 aromatic heterocycles. The number of nitrogens with zero attached hydrogens (tertiary/aromatic N) is 2. The smallest absolute Gasteiger partial charge is 0.283 e. The van der Waals surface area contributed by atoms with Crippen molar-refractivity contribution in [3.8, 4) is 0 Å². The van der Waals surface area contributed by atoms with Crippen molar-refractivity contribution in [1.29, 1.82) is 0 Å². The number of hydrogen-bond donors (Lipinski definition) is 1. The lowest BCUT2D eigenvalue weighted by molar-refractivity contribution is -0.120. The third-order valence-corrected chi connectivity index (χ3v) is 7.32. The van der Waals surface area contributed by atoms with Gasteiger partial charge in [-0.15, -0.1) is 0 Å². The number of nitrogens with one attached hydrogen (secondary N) is 1. The quantitative estimate of drug-likeness (QED) is 0.221. The maximum Gasteiger partial charge on any atom is 0.283 e. The lowest BCUT2D eigenvalue weighted by Gasteiger charge is -2.23. The van der Waals surface area contributed by atoms with Crippen LogP contribution in [-0.2, 0) is 22.7 Å². The Morgan fingerprint density at radius 1 is 0.756 bits per heavy atom. The van der Waals surface area contributed by atoms with E-state index in [2.05, 4.69) is 19.2 Å². The zero-order chi connectivity index (χ0) is 28.9. The van der Waals surface area contributed by atoms with E-state index in [4.69, 9.17) is 11.6 Å². The van der Waals surface area contributed by atoms with Crippen molar-refractivity contribution in [1.82, 2.24) is 4.90 Å². The molecule has 0 fully saturated rings. The number of amides is 3. The summed E-state index contributed by atoms with van der Waals surface area (Å²) < 4.78 is 0. The molecule has 7 heteroatoms. The normalized spacial score (nSPS) is 13.2. The Kier molecular flexibility index (Phi) is 8.31. The van der Waals surface area contributed by atoms with Gasteiger partial charge in [-0.2, -0.15) is 0 Å².